The molecule has 1 aliphatic carbocycles. The second-order valence-electron chi connectivity index (χ2n) is 4.08. The molecule has 0 spiro atoms. The van der Waals surface area contributed by atoms with Crippen molar-refractivity contribution >= 4 is 17.5 Å². The van der Waals surface area contributed by atoms with Gasteiger partial charge in [0.05, 0.1) is 10.6 Å². The van der Waals surface area contributed by atoms with Gasteiger partial charge in [-0.1, -0.05) is 17.7 Å². The average Bonchev–Trinajstić information content (AvgIpc) is 3.08. The quantitative estimate of drug-likeness (QED) is 0.791. The summed E-state index contributed by atoms with van der Waals surface area (Å²) in [7, 11) is 0. The number of benzene rings is 1. The number of nitrogens with one attached hydrogen (secondary N) is 2. The molecule has 0 atom stereocenters. The largest absolute Gasteiger partial charge is 0.351 e. The van der Waals surface area contributed by atoms with Gasteiger partial charge in [-0.2, -0.15) is 0 Å². The van der Waals surface area contributed by atoms with E-state index in [1.165, 1.54) is 31.0 Å². The van der Waals surface area contributed by atoms with Gasteiger partial charge in [-0.25, -0.2) is 4.39 Å². The first kappa shape index (κ1) is 12.3. The molecule has 5 heteroatoms. The van der Waals surface area contributed by atoms with Gasteiger partial charge in [0.2, 0.25) is 0 Å². The first-order chi connectivity index (χ1) is 8.18. The third-order valence-electron chi connectivity index (χ3n) is 2.61. The molecule has 0 radical (unpaired) electrons. The fourth-order valence-electron chi connectivity index (χ4n) is 1.54. The first-order valence-electron chi connectivity index (χ1n) is 5.64. The van der Waals surface area contributed by atoms with E-state index in [1.807, 2.05) is 0 Å². The van der Waals surface area contributed by atoms with Crippen molar-refractivity contribution in [3.05, 3.63) is 34.6 Å². The van der Waals surface area contributed by atoms with Gasteiger partial charge in [0.25, 0.3) is 5.91 Å². The summed E-state index contributed by atoms with van der Waals surface area (Å²) in [5.41, 5.74) is -0.0828. The highest BCUT2D eigenvalue weighted by molar-refractivity contribution is 6.33. The van der Waals surface area contributed by atoms with Crippen LogP contribution in [0.4, 0.5) is 4.39 Å². The standard InChI is InChI=1S/C12H14ClFN2O/c13-9-2-1-3-10(14)11(9)12(17)16-7-6-15-8-4-5-8/h1-3,8,15H,4-7H2,(H,16,17). The van der Waals surface area contributed by atoms with Crippen molar-refractivity contribution in [1.82, 2.24) is 10.6 Å². The van der Waals surface area contributed by atoms with E-state index < -0.39 is 11.7 Å². The number of hydrogen-bond donors (Lipinski definition) is 2. The first-order valence-corrected chi connectivity index (χ1v) is 6.02. The minimum atomic E-state index is -0.592. The smallest absolute Gasteiger partial charge is 0.255 e. The minimum Gasteiger partial charge on any atom is -0.351 e. The summed E-state index contributed by atoms with van der Waals surface area (Å²) in [4.78, 5) is 11.7. The summed E-state index contributed by atoms with van der Waals surface area (Å²) in [6, 6.07) is 4.80. The predicted octanol–water partition coefficient (Wildman–Crippen LogP) is 1.96. The lowest BCUT2D eigenvalue weighted by atomic mass is 10.2. The normalized spacial score (nSPS) is 14.7. The van der Waals surface area contributed by atoms with Gasteiger partial charge in [0.1, 0.15) is 5.82 Å². The molecule has 1 aromatic carbocycles. The molecule has 0 bridgehead atoms. The molecule has 0 aliphatic heterocycles. The maximum atomic E-state index is 13.4. The third kappa shape index (κ3) is 3.41. The van der Waals surface area contributed by atoms with E-state index in [0.29, 0.717) is 19.1 Å². The van der Waals surface area contributed by atoms with Crippen LogP contribution in [0.5, 0.6) is 0 Å². The van der Waals surface area contributed by atoms with Crippen LogP contribution in [0.25, 0.3) is 0 Å². The molecule has 1 amide bonds. The Morgan fingerprint density at radius 3 is 2.82 bits per heavy atom. The lowest BCUT2D eigenvalue weighted by Crippen LogP contribution is -2.33. The Hall–Kier alpha value is -1.13. The molecule has 0 saturated heterocycles. The van der Waals surface area contributed by atoms with Crippen molar-refractivity contribution in [1.29, 1.82) is 0 Å². The summed E-state index contributed by atoms with van der Waals surface area (Å²) in [5, 5.41) is 6.03. The zero-order chi connectivity index (χ0) is 12.3. The van der Waals surface area contributed by atoms with E-state index in [0.717, 1.165) is 0 Å². The molecule has 1 aliphatic rings. The molecule has 0 unspecified atom stereocenters. The molecule has 0 heterocycles. The maximum absolute atomic E-state index is 13.4. The van der Waals surface area contributed by atoms with Crippen LogP contribution >= 0.6 is 11.6 Å². The Bertz CT molecular complexity index is 401. The third-order valence-corrected chi connectivity index (χ3v) is 2.93. The van der Waals surface area contributed by atoms with Crippen LogP contribution < -0.4 is 10.6 Å². The van der Waals surface area contributed by atoms with E-state index in [9.17, 15) is 9.18 Å². The van der Waals surface area contributed by atoms with Gasteiger partial charge in [-0.3, -0.25) is 4.79 Å². The average molecular weight is 257 g/mol. The summed E-state index contributed by atoms with van der Waals surface area (Å²) in [6.45, 7) is 1.17. The molecule has 92 valence electrons. The summed E-state index contributed by atoms with van der Waals surface area (Å²) >= 11 is 5.78. The monoisotopic (exact) mass is 256 g/mol. The van der Waals surface area contributed by atoms with Gasteiger partial charge >= 0.3 is 0 Å². The SMILES string of the molecule is O=C(NCCNC1CC1)c1c(F)cccc1Cl. The van der Waals surface area contributed by atoms with Crippen LogP contribution in [0.15, 0.2) is 18.2 Å². The van der Waals surface area contributed by atoms with Crippen molar-refractivity contribution in [3.63, 3.8) is 0 Å². The van der Waals surface area contributed by atoms with Crippen LogP contribution in [0, 0.1) is 5.82 Å². The molecule has 2 rings (SSSR count). The van der Waals surface area contributed by atoms with Crippen molar-refractivity contribution in [2.45, 2.75) is 18.9 Å². The van der Waals surface area contributed by atoms with Crippen molar-refractivity contribution in [2.75, 3.05) is 13.1 Å². The van der Waals surface area contributed by atoms with E-state index in [1.54, 1.807) is 0 Å². The minimum absolute atomic E-state index is 0.0828. The molecule has 1 aromatic rings. The van der Waals surface area contributed by atoms with Crippen LogP contribution in [0.3, 0.4) is 0 Å². The highest BCUT2D eigenvalue weighted by Gasteiger charge is 2.20. The van der Waals surface area contributed by atoms with Crippen LogP contribution in [-0.4, -0.2) is 25.0 Å². The summed E-state index contributed by atoms with van der Waals surface area (Å²) in [6.07, 6.45) is 2.40. The predicted molar refractivity (Wildman–Crippen MR) is 64.8 cm³/mol. The van der Waals surface area contributed by atoms with E-state index >= 15 is 0 Å². The fourth-order valence-corrected chi connectivity index (χ4v) is 1.79. The second-order valence-corrected chi connectivity index (χ2v) is 4.49. The Labute approximate surface area is 104 Å². The topological polar surface area (TPSA) is 41.1 Å². The maximum Gasteiger partial charge on any atom is 0.255 e. The molecular weight excluding hydrogens is 243 g/mol. The number of halogens is 2. The second kappa shape index (κ2) is 5.47. The van der Waals surface area contributed by atoms with Gasteiger partial charge in [-0.05, 0) is 25.0 Å². The van der Waals surface area contributed by atoms with E-state index in [-0.39, 0.29) is 10.6 Å². The number of amides is 1. The molecule has 17 heavy (non-hydrogen) atoms. The lowest BCUT2D eigenvalue weighted by Gasteiger charge is -2.08. The molecule has 3 nitrogen and oxygen atoms in total. The number of rotatable bonds is 5. The molecule has 0 aromatic heterocycles. The summed E-state index contributed by atoms with van der Waals surface area (Å²) in [5.74, 6) is -1.06. The Kier molecular flexibility index (Phi) is 3.97. The highest BCUT2D eigenvalue weighted by atomic mass is 35.5. The van der Waals surface area contributed by atoms with Gasteiger partial charge in [-0.15, -0.1) is 0 Å². The van der Waals surface area contributed by atoms with Gasteiger partial charge in [0.15, 0.2) is 0 Å². The van der Waals surface area contributed by atoms with Crippen LogP contribution in [0.1, 0.15) is 23.2 Å². The van der Waals surface area contributed by atoms with E-state index in [4.69, 9.17) is 11.6 Å². The molecule has 1 saturated carbocycles. The highest BCUT2D eigenvalue weighted by Crippen LogP contribution is 2.19. The Balaban J connectivity index is 1.85. The number of carbonyl (C=O) groups excluding carboxylic acids is 1. The molecular formula is C12H14ClFN2O. The van der Waals surface area contributed by atoms with Gasteiger partial charge in [0, 0.05) is 19.1 Å². The van der Waals surface area contributed by atoms with E-state index in [2.05, 4.69) is 10.6 Å². The van der Waals surface area contributed by atoms with Crippen molar-refractivity contribution in [3.8, 4) is 0 Å². The zero-order valence-corrected chi connectivity index (χ0v) is 10.1. The zero-order valence-electron chi connectivity index (χ0n) is 9.30. The fraction of sp³-hybridized carbons (Fsp3) is 0.417. The van der Waals surface area contributed by atoms with Gasteiger partial charge < -0.3 is 10.6 Å². The van der Waals surface area contributed by atoms with Crippen molar-refractivity contribution in [2.24, 2.45) is 0 Å². The molecule has 2 N–H and O–H groups in total. The van der Waals surface area contributed by atoms with Crippen LogP contribution in [-0.2, 0) is 0 Å². The Morgan fingerprint density at radius 2 is 2.18 bits per heavy atom. The number of carbonyl (C=O) groups is 1. The van der Waals surface area contributed by atoms with Crippen LogP contribution in [0.2, 0.25) is 5.02 Å². The van der Waals surface area contributed by atoms with Crippen molar-refractivity contribution < 1.29 is 9.18 Å². The Morgan fingerprint density at radius 1 is 1.41 bits per heavy atom. The molecule has 1 fully saturated rings. The lowest BCUT2D eigenvalue weighted by molar-refractivity contribution is 0.0950. The number of hydrogen-bond acceptors (Lipinski definition) is 2. The summed E-state index contributed by atoms with van der Waals surface area (Å²) < 4.78 is 13.4.